The van der Waals surface area contributed by atoms with Gasteiger partial charge in [-0.2, -0.15) is 0 Å². The van der Waals surface area contributed by atoms with Crippen molar-refractivity contribution in [2.45, 2.75) is 26.7 Å². The maximum atomic E-state index is 12.8. The van der Waals surface area contributed by atoms with Gasteiger partial charge in [0.1, 0.15) is 17.1 Å². The van der Waals surface area contributed by atoms with Crippen LogP contribution in [0.4, 0.5) is 5.69 Å². The summed E-state index contributed by atoms with van der Waals surface area (Å²) in [7, 11) is 0. The van der Waals surface area contributed by atoms with Crippen molar-refractivity contribution in [2.24, 2.45) is 0 Å². The van der Waals surface area contributed by atoms with Gasteiger partial charge in [-0.15, -0.1) is 0 Å². The minimum atomic E-state index is -0.529. The van der Waals surface area contributed by atoms with Crippen molar-refractivity contribution in [2.75, 3.05) is 4.90 Å². The molecule has 2 amide bonds. The summed E-state index contributed by atoms with van der Waals surface area (Å²) < 4.78 is 5.43. The highest BCUT2D eigenvalue weighted by atomic mass is 32.1. The normalized spacial score (nSPS) is 16.7. The summed E-state index contributed by atoms with van der Waals surface area (Å²) in [4.78, 5) is 26.4. The fourth-order valence-corrected chi connectivity index (χ4v) is 2.85. The highest BCUT2D eigenvalue weighted by Crippen LogP contribution is 2.24. The number of benzene rings is 1. The Hall–Kier alpha value is -2.73. The number of rotatable bonds is 3. The maximum absolute atomic E-state index is 12.8. The molecule has 1 aromatic heterocycles. The van der Waals surface area contributed by atoms with Gasteiger partial charge in [0.15, 0.2) is 5.11 Å². The average molecular weight is 354 g/mol. The minimum Gasteiger partial charge on any atom is -0.462 e. The first-order valence-electron chi connectivity index (χ1n) is 7.94. The molecule has 128 valence electrons. The van der Waals surface area contributed by atoms with Gasteiger partial charge >= 0.3 is 0 Å². The third-order valence-electron chi connectivity index (χ3n) is 3.97. The van der Waals surface area contributed by atoms with Gasteiger partial charge in [0.25, 0.3) is 11.8 Å². The second-order valence-corrected chi connectivity index (χ2v) is 6.54. The van der Waals surface area contributed by atoms with Crippen LogP contribution in [0.5, 0.6) is 0 Å². The van der Waals surface area contributed by atoms with Crippen molar-refractivity contribution in [3.8, 4) is 0 Å². The van der Waals surface area contributed by atoms with Crippen LogP contribution in [0.25, 0.3) is 6.08 Å². The average Bonchev–Trinajstić information content (AvgIpc) is 2.97. The highest BCUT2D eigenvalue weighted by molar-refractivity contribution is 7.80. The molecule has 1 fully saturated rings. The molecule has 0 unspecified atom stereocenters. The number of anilines is 1. The summed E-state index contributed by atoms with van der Waals surface area (Å²) >= 11 is 5.19. The van der Waals surface area contributed by atoms with E-state index in [0.29, 0.717) is 23.1 Å². The molecule has 5 nitrogen and oxygen atoms in total. The van der Waals surface area contributed by atoms with E-state index < -0.39 is 11.8 Å². The molecule has 1 saturated heterocycles. The van der Waals surface area contributed by atoms with Crippen LogP contribution in [0, 0.1) is 6.92 Å². The number of hydrogen-bond acceptors (Lipinski definition) is 4. The van der Waals surface area contributed by atoms with E-state index in [0.717, 1.165) is 5.56 Å². The third-order valence-corrected chi connectivity index (χ3v) is 4.25. The van der Waals surface area contributed by atoms with Crippen molar-refractivity contribution in [3.63, 3.8) is 0 Å². The van der Waals surface area contributed by atoms with Crippen LogP contribution in [0.2, 0.25) is 0 Å². The zero-order chi connectivity index (χ0) is 18.1. The molecule has 2 aromatic rings. The zero-order valence-electron chi connectivity index (χ0n) is 14.2. The summed E-state index contributed by atoms with van der Waals surface area (Å²) in [5, 5.41) is 2.63. The van der Waals surface area contributed by atoms with Gasteiger partial charge in [-0.25, -0.2) is 0 Å². The van der Waals surface area contributed by atoms with E-state index in [9.17, 15) is 9.59 Å². The Morgan fingerprint density at radius 3 is 2.36 bits per heavy atom. The van der Waals surface area contributed by atoms with Crippen LogP contribution < -0.4 is 10.2 Å². The number of carbonyl (C=O) groups excluding carboxylic acids is 2. The molecule has 1 aromatic carbocycles. The lowest BCUT2D eigenvalue weighted by Crippen LogP contribution is -2.54. The SMILES string of the molecule is Cc1ccc(C=C2C(=O)NC(=S)N(c3ccc(C(C)C)cc3)C2=O)o1. The standard InChI is InChI=1S/C19H18N2O3S/c1-11(2)13-5-7-14(8-6-13)21-18(23)16(17(22)20-19(21)25)10-15-9-4-12(3)24-15/h4-11H,1-3H3,(H,20,22,25). The topological polar surface area (TPSA) is 62.6 Å². The molecule has 25 heavy (non-hydrogen) atoms. The number of nitrogens with one attached hydrogen (secondary N) is 1. The lowest BCUT2D eigenvalue weighted by atomic mass is 10.0. The monoisotopic (exact) mass is 354 g/mol. The van der Waals surface area contributed by atoms with Gasteiger partial charge in [0.2, 0.25) is 0 Å². The van der Waals surface area contributed by atoms with Gasteiger partial charge < -0.3 is 4.42 Å². The Morgan fingerprint density at radius 2 is 1.80 bits per heavy atom. The minimum absolute atomic E-state index is 0.0177. The molecule has 1 N–H and O–H groups in total. The molecule has 0 radical (unpaired) electrons. The van der Waals surface area contributed by atoms with Crippen molar-refractivity contribution in [1.82, 2.24) is 5.32 Å². The number of nitrogens with zero attached hydrogens (tertiary/aromatic N) is 1. The number of furan rings is 1. The zero-order valence-corrected chi connectivity index (χ0v) is 15.0. The second-order valence-electron chi connectivity index (χ2n) is 6.15. The molecule has 2 heterocycles. The highest BCUT2D eigenvalue weighted by Gasteiger charge is 2.34. The van der Waals surface area contributed by atoms with E-state index in [4.69, 9.17) is 16.6 Å². The Morgan fingerprint density at radius 1 is 1.12 bits per heavy atom. The summed E-state index contributed by atoms with van der Waals surface area (Å²) in [5.74, 6) is 0.528. The smallest absolute Gasteiger partial charge is 0.270 e. The van der Waals surface area contributed by atoms with Crippen molar-refractivity contribution in [3.05, 3.63) is 59.1 Å². The molecular weight excluding hydrogens is 336 g/mol. The Labute approximate surface area is 151 Å². The van der Waals surface area contributed by atoms with Crippen LogP contribution >= 0.6 is 12.2 Å². The van der Waals surface area contributed by atoms with Crippen molar-refractivity contribution < 1.29 is 14.0 Å². The van der Waals surface area contributed by atoms with Crippen LogP contribution in [0.1, 0.15) is 36.8 Å². The first-order chi connectivity index (χ1) is 11.9. The van der Waals surface area contributed by atoms with Crippen LogP contribution in [-0.4, -0.2) is 16.9 Å². The van der Waals surface area contributed by atoms with Gasteiger partial charge in [-0.05, 0) is 61.0 Å². The Kier molecular flexibility index (Phi) is 4.55. The molecule has 0 atom stereocenters. The van der Waals surface area contributed by atoms with Crippen LogP contribution in [0.15, 0.2) is 46.4 Å². The largest absolute Gasteiger partial charge is 0.462 e. The van der Waals surface area contributed by atoms with Crippen LogP contribution in [0.3, 0.4) is 0 Å². The third kappa shape index (κ3) is 3.39. The quantitative estimate of drug-likeness (QED) is 0.520. The van der Waals surface area contributed by atoms with E-state index in [-0.39, 0.29) is 10.7 Å². The molecule has 6 heteroatoms. The van der Waals surface area contributed by atoms with Gasteiger partial charge in [0.05, 0.1) is 5.69 Å². The number of thiocarbonyl (C=S) groups is 1. The van der Waals surface area contributed by atoms with Gasteiger partial charge in [-0.1, -0.05) is 26.0 Å². The maximum Gasteiger partial charge on any atom is 0.270 e. The molecule has 0 spiro atoms. The van der Waals surface area contributed by atoms with Gasteiger partial charge in [-0.3, -0.25) is 19.8 Å². The lowest BCUT2D eigenvalue weighted by Gasteiger charge is -2.29. The summed E-state index contributed by atoms with van der Waals surface area (Å²) in [6, 6.07) is 11.0. The first kappa shape index (κ1) is 17.1. The lowest BCUT2D eigenvalue weighted by molar-refractivity contribution is -0.122. The van der Waals surface area contributed by atoms with Crippen molar-refractivity contribution >= 4 is 40.9 Å². The predicted molar refractivity (Wildman–Crippen MR) is 100 cm³/mol. The molecule has 3 rings (SSSR count). The summed E-state index contributed by atoms with van der Waals surface area (Å²) in [6.45, 7) is 5.98. The number of amides is 2. The van der Waals surface area contributed by atoms with E-state index in [1.165, 1.54) is 11.0 Å². The van der Waals surface area contributed by atoms with E-state index in [1.54, 1.807) is 19.1 Å². The number of carbonyl (C=O) groups is 2. The molecule has 0 bridgehead atoms. The second kappa shape index (κ2) is 6.64. The van der Waals surface area contributed by atoms with E-state index >= 15 is 0 Å². The molecular formula is C19H18N2O3S. The number of aryl methyl sites for hydroxylation is 1. The van der Waals surface area contributed by atoms with E-state index in [2.05, 4.69) is 19.2 Å². The Balaban J connectivity index is 1.96. The molecule has 0 saturated carbocycles. The molecule has 1 aliphatic rings. The first-order valence-corrected chi connectivity index (χ1v) is 8.35. The molecule has 1 aliphatic heterocycles. The van der Waals surface area contributed by atoms with E-state index in [1.807, 2.05) is 24.3 Å². The molecule has 0 aliphatic carbocycles. The van der Waals surface area contributed by atoms with Crippen molar-refractivity contribution in [1.29, 1.82) is 0 Å². The number of hydrogen-bond donors (Lipinski definition) is 1. The van der Waals surface area contributed by atoms with Gasteiger partial charge in [0, 0.05) is 0 Å². The summed E-state index contributed by atoms with van der Waals surface area (Å²) in [6.07, 6.45) is 1.43. The fraction of sp³-hybridized carbons (Fsp3) is 0.211. The predicted octanol–water partition coefficient (Wildman–Crippen LogP) is 3.54. The summed E-state index contributed by atoms with van der Waals surface area (Å²) in [5.41, 5.74) is 1.75. The fourth-order valence-electron chi connectivity index (χ4n) is 2.57. The Bertz CT molecular complexity index is 878. The van der Waals surface area contributed by atoms with Crippen LogP contribution in [-0.2, 0) is 9.59 Å².